The molecule has 0 atom stereocenters. The molecule has 0 N–H and O–H groups in total. The molecule has 0 aliphatic heterocycles. The molecule has 0 nitrogen and oxygen atoms in total. The first-order chi connectivity index (χ1) is 6.61. The van der Waals surface area contributed by atoms with E-state index >= 15 is 0 Å². The third-order valence-electron chi connectivity index (χ3n) is 1.71. The van der Waals surface area contributed by atoms with Crippen molar-refractivity contribution in [2.45, 2.75) is 11.3 Å². The van der Waals surface area contributed by atoms with Gasteiger partial charge in [0.25, 0.3) is 0 Å². The average molecular weight is 290 g/mol. The lowest BCUT2D eigenvalue weighted by atomic mass is 10.1. The van der Waals surface area contributed by atoms with Gasteiger partial charge in [0.1, 0.15) is 0 Å². The zero-order chi connectivity index (χ0) is 10.6. The summed E-state index contributed by atoms with van der Waals surface area (Å²) >= 11 is 13.5. The van der Waals surface area contributed by atoms with E-state index in [0.717, 1.165) is 21.4 Å². The van der Waals surface area contributed by atoms with E-state index in [1.807, 2.05) is 24.3 Å². The van der Waals surface area contributed by atoms with Crippen molar-refractivity contribution in [1.29, 1.82) is 0 Å². The highest BCUT2D eigenvalue weighted by atomic mass is 79.9. The first kappa shape index (κ1) is 11.9. The van der Waals surface area contributed by atoms with Gasteiger partial charge in [0.05, 0.1) is 0 Å². The number of rotatable bonds is 3. The third kappa shape index (κ3) is 3.52. The Morgan fingerprint density at radius 3 is 2.86 bits per heavy atom. The first-order valence-corrected chi connectivity index (χ1v) is 5.70. The predicted octanol–water partition coefficient (Wildman–Crippen LogP) is 4.59. The van der Waals surface area contributed by atoms with E-state index in [-0.39, 0.29) is 0 Å². The molecule has 0 unspecified atom stereocenters. The van der Waals surface area contributed by atoms with Crippen LogP contribution in [0.25, 0.3) is 0 Å². The van der Waals surface area contributed by atoms with Gasteiger partial charge in [-0.1, -0.05) is 46.3 Å². The van der Waals surface area contributed by atoms with E-state index in [9.17, 15) is 0 Å². The minimum absolute atomic E-state index is 0.540. The number of thiol groups is 1. The zero-order valence-corrected chi connectivity index (χ0v) is 10.7. The maximum atomic E-state index is 5.61. The monoisotopic (exact) mass is 288 g/mol. The van der Waals surface area contributed by atoms with Gasteiger partial charge >= 0.3 is 0 Å². The van der Waals surface area contributed by atoms with Gasteiger partial charge in [0.2, 0.25) is 0 Å². The van der Waals surface area contributed by atoms with Crippen molar-refractivity contribution in [3.63, 3.8) is 0 Å². The molecule has 0 radical (unpaired) electrons. The number of benzene rings is 1. The van der Waals surface area contributed by atoms with E-state index in [2.05, 4.69) is 35.1 Å². The topological polar surface area (TPSA) is 0 Å². The fraction of sp³-hybridized carbons (Fsp3) is 0.0909. The van der Waals surface area contributed by atoms with E-state index < -0.39 is 0 Å². The summed E-state index contributed by atoms with van der Waals surface area (Å²) in [5.41, 5.74) is 1.16. The molecule has 1 aromatic rings. The van der Waals surface area contributed by atoms with Crippen LogP contribution < -0.4 is 0 Å². The second kappa shape index (κ2) is 5.64. The maximum absolute atomic E-state index is 5.61. The molecule has 1 aromatic carbocycles. The molecule has 3 heteroatoms. The quantitative estimate of drug-likeness (QED) is 0.611. The van der Waals surface area contributed by atoms with Crippen molar-refractivity contribution in [2.75, 3.05) is 0 Å². The molecule has 14 heavy (non-hydrogen) atoms. The number of hydrogen-bond donors (Lipinski definition) is 1. The molecule has 0 aliphatic carbocycles. The van der Waals surface area contributed by atoms with Crippen LogP contribution in [-0.2, 0) is 6.42 Å². The summed E-state index contributed by atoms with van der Waals surface area (Å²) in [5.74, 6) is 0. The van der Waals surface area contributed by atoms with Crippen LogP contribution in [0.2, 0.25) is 0 Å². The Morgan fingerprint density at radius 2 is 2.29 bits per heavy atom. The minimum atomic E-state index is 0.540. The predicted molar refractivity (Wildman–Crippen MR) is 69.2 cm³/mol. The Bertz CT molecular complexity index is 351. The molecule has 0 bridgehead atoms. The molecule has 0 saturated heterocycles. The lowest BCUT2D eigenvalue weighted by Crippen LogP contribution is -1.85. The van der Waals surface area contributed by atoms with Crippen molar-refractivity contribution in [3.8, 4) is 0 Å². The molecule has 0 aromatic heterocycles. The fourth-order valence-electron chi connectivity index (χ4n) is 1.05. The Morgan fingerprint density at radius 1 is 1.57 bits per heavy atom. The SMILES string of the molecule is C=C(Cl)/C=C\Cc1c(S)cccc1Br. The Balaban J connectivity index is 2.81. The molecular formula is C11H10BrClS. The molecule has 0 amide bonds. The van der Waals surface area contributed by atoms with E-state index in [1.165, 1.54) is 0 Å². The smallest absolute Gasteiger partial charge is 0.0331 e. The average Bonchev–Trinajstić information content (AvgIpc) is 2.09. The zero-order valence-electron chi connectivity index (χ0n) is 7.50. The van der Waals surface area contributed by atoms with E-state index in [1.54, 1.807) is 6.08 Å². The summed E-state index contributed by atoms with van der Waals surface area (Å²) in [4.78, 5) is 0.976. The number of hydrogen-bond acceptors (Lipinski definition) is 1. The summed E-state index contributed by atoms with van der Waals surface area (Å²) in [5, 5.41) is 0.540. The van der Waals surface area contributed by atoms with Crippen LogP contribution in [0.5, 0.6) is 0 Å². The maximum Gasteiger partial charge on any atom is 0.0331 e. The fourth-order valence-corrected chi connectivity index (χ4v) is 2.12. The molecule has 1 rings (SSSR count). The second-order valence-electron chi connectivity index (χ2n) is 2.79. The molecule has 0 saturated carbocycles. The molecule has 0 aliphatic rings. The minimum Gasteiger partial charge on any atom is -0.143 e. The standard InChI is InChI=1S/C11H10BrClS/c1-8(13)4-2-5-9-10(12)6-3-7-11(9)14/h2-4,6-7,14H,1,5H2/b4-2-. The molecule has 0 heterocycles. The highest BCUT2D eigenvalue weighted by Crippen LogP contribution is 2.24. The molecule has 0 fully saturated rings. The van der Waals surface area contributed by atoms with E-state index in [0.29, 0.717) is 5.03 Å². The van der Waals surface area contributed by atoms with Crippen LogP contribution in [0.4, 0.5) is 0 Å². The van der Waals surface area contributed by atoms with Gasteiger partial charge in [-0.3, -0.25) is 0 Å². The Labute approximate surface area is 103 Å². The lowest BCUT2D eigenvalue weighted by Gasteiger charge is -2.04. The summed E-state index contributed by atoms with van der Waals surface area (Å²) < 4.78 is 1.06. The Hall–Kier alpha value is -0.180. The van der Waals surface area contributed by atoms with Gasteiger partial charge in [-0.15, -0.1) is 12.6 Å². The van der Waals surface area contributed by atoms with Crippen molar-refractivity contribution in [2.24, 2.45) is 0 Å². The van der Waals surface area contributed by atoms with Crippen molar-refractivity contribution in [3.05, 3.63) is 52.0 Å². The first-order valence-electron chi connectivity index (χ1n) is 4.08. The summed E-state index contributed by atoms with van der Waals surface area (Å²) in [6, 6.07) is 5.92. The normalized spacial score (nSPS) is 10.8. The summed E-state index contributed by atoms with van der Waals surface area (Å²) in [7, 11) is 0. The highest BCUT2D eigenvalue weighted by Gasteiger charge is 2.00. The molecule has 74 valence electrons. The van der Waals surface area contributed by atoms with Crippen LogP contribution >= 0.6 is 40.2 Å². The van der Waals surface area contributed by atoms with Gasteiger partial charge in [-0.25, -0.2) is 0 Å². The summed E-state index contributed by atoms with van der Waals surface area (Å²) in [6.45, 7) is 3.58. The van der Waals surface area contributed by atoms with Gasteiger partial charge in [0.15, 0.2) is 0 Å². The van der Waals surface area contributed by atoms with Gasteiger partial charge in [0, 0.05) is 14.4 Å². The van der Waals surface area contributed by atoms with Crippen LogP contribution in [0.1, 0.15) is 5.56 Å². The van der Waals surface area contributed by atoms with Crippen LogP contribution in [0.15, 0.2) is 51.3 Å². The molecular weight excluding hydrogens is 280 g/mol. The third-order valence-corrected chi connectivity index (χ3v) is 3.00. The van der Waals surface area contributed by atoms with Crippen LogP contribution in [0, 0.1) is 0 Å². The Kier molecular flexibility index (Phi) is 4.79. The largest absolute Gasteiger partial charge is 0.143 e. The second-order valence-corrected chi connectivity index (χ2v) is 4.61. The van der Waals surface area contributed by atoms with Gasteiger partial charge in [-0.05, 0) is 30.2 Å². The van der Waals surface area contributed by atoms with Crippen LogP contribution in [-0.4, -0.2) is 0 Å². The van der Waals surface area contributed by atoms with Crippen molar-refractivity contribution >= 4 is 40.2 Å². The number of halogens is 2. The lowest BCUT2D eigenvalue weighted by molar-refractivity contribution is 1.16. The van der Waals surface area contributed by atoms with Crippen molar-refractivity contribution in [1.82, 2.24) is 0 Å². The highest BCUT2D eigenvalue weighted by molar-refractivity contribution is 9.10. The van der Waals surface area contributed by atoms with E-state index in [4.69, 9.17) is 11.6 Å². The van der Waals surface area contributed by atoms with Gasteiger partial charge in [-0.2, -0.15) is 0 Å². The van der Waals surface area contributed by atoms with Crippen molar-refractivity contribution < 1.29 is 0 Å². The molecule has 0 spiro atoms. The number of allylic oxidation sites excluding steroid dienone is 3. The summed E-state index contributed by atoms with van der Waals surface area (Å²) in [6.07, 6.45) is 4.55. The van der Waals surface area contributed by atoms with Gasteiger partial charge < -0.3 is 0 Å². The van der Waals surface area contributed by atoms with Crippen LogP contribution in [0.3, 0.4) is 0 Å².